The van der Waals surface area contributed by atoms with Gasteiger partial charge in [-0.25, -0.2) is 0 Å². The average molecular weight is 192 g/mol. The number of rotatable bonds is 2. The second-order valence-electron chi connectivity index (χ2n) is 4.07. The molecule has 2 rings (SSSR count). The van der Waals surface area contributed by atoms with E-state index in [1.54, 1.807) is 0 Å². The molecule has 2 nitrogen and oxygen atoms in total. The van der Waals surface area contributed by atoms with Gasteiger partial charge in [0.05, 0.1) is 12.7 Å². The Bertz CT molecular complexity index is 307. The van der Waals surface area contributed by atoms with Gasteiger partial charge in [0.1, 0.15) is 5.75 Å². The van der Waals surface area contributed by atoms with E-state index in [1.165, 1.54) is 5.56 Å². The molecule has 0 saturated carbocycles. The Balaban J connectivity index is 2.06. The Morgan fingerprint density at radius 2 is 2.29 bits per heavy atom. The maximum absolute atomic E-state index is 9.30. The van der Waals surface area contributed by atoms with Crippen molar-refractivity contribution in [1.29, 1.82) is 0 Å². The Morgan fingerprint density at radius 3 is 3.07 bits per heavy atom. The second kappa shape index (κ2) is 4.01. The number of hydrogen-bond acceptors (Lipinski definition) is 2. The molecule has 1 aromatic carbocycles. The van der Waals surface area contributed by atoms with Gasteiger partial charge in [-0.2, -0.15) is 0 Å². The molecule has 1 N–H and O–H groups in total. The zero-order valence-corrected chi connectivity index (χ0v) is 8.44. The van der Waals surface area contributed by atoms with Crippen molar-refractivity contribution >= 4 is 0 Å². The molecular weight excluding hydrogens is 176 g/mol. The molecule has 14 heavy (non-hydrogen) atoms. The van der Waals surface area contributed by atoms with Crippen LogP contribution in [0, 0.1) is 5.92 Å². The predicted octanol–water partition coefficient (Wildman–Crippen LogP) is 2.01. The van der Waals surface area contributed by atoms with Gasteiger partial charge in [0.15, 0.2) is 0 Å². The van der Waals surface area contributed by atoms with E-state index in [-0.39, 0.29) is 6.10 Å². The molecule has 1 aliphatic rings. The van der Waals surface area contributed by atoms with Crippen LogP contribution >= 0.6 is 0 Å². The highest BCUT2D eigenvalue weighted by molar-refractivity contribution is 5.35. The fourth-order valence-electron chi connectivity index (χ4n) is 2.02. The van der Waals surface area contributed by atoms with E-state index in [0.29, 0.717) is 5.92 Å². The van der Waals surface area contributed by atoms with Crippen LogP contribution in [0.2, 0.25) is 0 Å². The largest absolute Gasteiger partial charge is 0.493 e. The van der Waals surface area contributed by atoms with Crippen LogP contribution < -0.4 is 4.74 Å². The average Bonchev–Trinajstić information content (AvgIpc) is 2.17. The normalized spacial score (nSPS) is 22.3. The number of aliphatic hydroxyl groups is 1. The van der Waals surface area contributed by atoms with Crippen molar-refractivity contribution in [3.63, 3.8) is 0 Å². The first-order valence-corrected chi connectivity index (χ1v) is 5.14. The molecule has 1 aromatic rings. The Labute approximate surface area is 84.5 Å². The van der Waals surface area contributed by atoms with E-state index >= 15 is 0 Å². The van der Waals surface area contributed by atoms with Gasteiger partial charge in [0, 0.05) is 0 Å². The number of fused-ring (bicyclic) bond motifs is 1. The van der Waals surface area contributed by atoms with Crippen molar-refractivity contribution in [2.45, 2.75) is 25.9 Å². The molecule has 0 spiro atoms. The molecule has 0 bridgehead atoms. The zero-order valence-electron chi connectivity index (χ0n) is 8.44. The lowest BCUT2D eigenvalue weighted by Gasteiger charge is -2.25. The lowest BCUT2D eigenvalue weighted by molar-refractivity contribution is 0.127. The van der Waals surface area contributed by atoms with Crippen molar-refractivity contribution < 1.29 is 9.84 Å². The number of aliphatic hydroxyl groups excluding tert-OH is 1. The Morgan fingerprint density at radius 1 is 1.50 bits per heavy atom. The van der Waals surface area contributed by atoms with Crippen LogP contribution in [0.4, 0.5) is 0 Å². The Kier molecular flexibility index (Phi) is 2.73. The van der Waals surface area contributed by atoms with E-state index in [2.05, 4.69) is 6.07 Å². The summed E-state index contributed by atoms with van der Waals surface area (Å²) in [5, 5.41) is 9.30. The van der Waals surface area contributed by atoms with Gasteiger partial charge in [-0.15, -0.1) is 0 Å². The molecule has 2 atom stereocenters. The summed E-state index contributed by atoms with van der Waals surface area (Å²) < 4.78 is 5.63. The summed E-state index contributed by atoms with van der Waals surface area (Å²) >= 11 is 0. The second-order valence-corrected chi connectivity index (χ2v) is 4.07. The zero-order chi connectivity index (χ0) is 9.97. The third-order valence-electron chi connectivity index (χ3n) is 2.63. The predicted molar refractivity (Wildman–Crippen MR) is 55.4 cm³/mol. The van der Waals surface area contributed by atoms with Gasteiger partial charge in [0.25, 0.3) is 0 Å². The maximum Gasteiger partial charge on any atom is 0.122 e. The SMILES string of the molecule is CC(O)CC1COc2ccccc2C1. The minimum Gasteiger partial charge on any atom is -0.493 e. The van der Waals surface area contributed by atoms with Gasteiger partial charge in [-0.05, 0) is 37.3 Å². The summed E-state index contributed by atoms with van der Waals surface area (Å²) in [4.78, 5) is 0. The summed E-state index contributed by atoms with van der Waals surface area (Å²) in [6.45, 7) is 2.57. The van der Waals surface area contributed by atoms with Crippen LogP contribution in [0.5, 0.6) is 5.75 Å². The molecule has 1 heterocycles. The standard InChI is InChI=1S/C12H16O2/c1-9(13)6-10-7-11-4-2-3-5-12(11)14-8-10/h2-5,9-10,13H,6-8H2,1H3. The first kappa shape index (κ1) is 9.53. The number of hydrogen-bond donors (Lipinski definition) is 1. The van der Waals surface area contributed by atoms with Crippen molar-refractivity contribution in [3.8, 4) is 5.75 Å². The lowest BCUT2D eigenvalue weighted by atomic mass is 9.92. The topological polar surface area (TPSA) is 29.5 Å². The molecule has 2 unspecified atom stereocenters. The third-order valence-corrected chi connectivity index (χ3v) is 2.63. The van der Waals surface area contributed by atoms with Crippen LogP contribution in [0.1, 0.15) is 18.9 Å². The van der Waals surface area contributed by atoms with Crippen LogP contribution in [-0.4, -0.2) is 17.8 Å². The first-order valence-electron chi connectivity index (χ1n) is 5.14. The highest BCUT2D eigenvalue weighted by Crippen LogP contribution is 2.28. The van der Waals surface area contributed by atoms with E-state index in [1.807, 2.05) is 25.1 Å². The molecule has 0 fully saturated rings. The fraction of sp³-hybridized carbons (Fsp3) is 0.500. The maximum atomic E-state index is 9.30. The van der Waals surface area contributed by atoms with Gasteiger partial charge in [-0.1, -0.05) is 18.2 Å². The van der Waals surface area contributed by atoms with E-state index in [0.717, 1.165) is 25.2 Å². The van der Waals surface area contributed by atoms with Crippen molar-refractivity contribution in [3.05, 3.63) is 29.8 Å². The van der Waals surface area contributed by atoms with Crippen LogP contribution in [0.15, 0.2) is 24.3 Å². The molecule has 0 aromatic heterocycles. The minimum absolute atomic E-state index is 0.228. The summed E-state index contributed by atoms with van der Waals surface area (Å²) in [5.41, 5.74) is 1.27. The van der Waals surface area contributed by atoms with Gasteiger partial charge in [0.2, 0.25) is 0 Å². The summed E-state index contributed by atoms with van der Waals surface area (Å²) in [7, 11) is 0. The van der Waals surface area contributed by atoms with E-state index in [4.69, 9.17) is 4.74 Å². The molecule has 76 valence electrons. The minimum atomic E-state index is -0.228. The quantitative estimate of drug-likeness (QED) is 0.776. The first-order chi connectivity index (χ1) is 6.75. The molecule has 0 saturated heterocycles. The fourth-order valence-corrected chi connectivity index (χ4v) is 2.02. The van der Waals surface area contributed by atoms with Gasteiger partial charge in [-0.3, -0.25) is 0 Å². The monoisotopic (exact) mass is 192 g/mol. The van der Waals surface area contributed by atoms with Crippen LogP contribution in [0.25, 0.3) is 0 Å². The number of benzene rings is 1. The third kappa shape index (κ3) is 2.07. The molecular formula is C12H16O2. The van der Waals surface area contributed by atoms with Crippen molar-refractivity contribution in [1.82, 2.24) is 0 Å². The van der Waals surface area contributed by atoms with Gasteiger partial charge < -0.3 is 9.84 Å². The number of para-hydroxylation sites is 1. The van der Waals surface area contributed by atoms with E-state index < -0.39 is 0 Å². The van der Waals surface area contributed by atoms with Gasteiger partial charge >= 0.3 is 0 Å². The highest BCUT2D eigenvalue weighted by Gasteiger charge is 2.20. The lowest BCUT2D eigenvalue weighted by Crippen LogP contribution is -2.24. The Hall–Kier alpha value is -1.02. The highest BCUT2D eigenvalue weighted by atomic mass is 16.5. The molecule has 0 radical (unpaired) electrons. The van der Waals surface area contributed by atoms with Crippen LogP contribution in [0.3, 0.4) is 0 Å². The molecule has 2 heteroatoms. The smallest absolute Gasteiger partial charge is 0.122 e. The van der Waals surface area contributed by atoms with Crippen LogP contribution in [-0.2, 0) is 6.42 Å². The van der Waals surface area contributed by atoms with Crippen molar-refractivity contribution in [2.75, 3.05) is 6.61 Å². The molecule has 0 aliphatic carbocycles. The summed E-state index contributed by atoms with van der Waals surface area (Å²) in [6, 6.07) is 8.14. The molecule has 0 amide bonds. The molecule has 1 aliphatic heterocycles. The van der Waals surface area contributed by atoms with E-state index in [9.17, 15) is 5.11 Å². The number of ether oxygens (including phenoxy) is 1. The van der Waals surface area contributed by atoms with Crippen molar-refractivity contribution in [2.24, 2.45) is 5.92 Å². The summed E-state index contributed by atoms with van der Waals surface area (Å²) in [5.74, 6) is 1.47. The summed E-state index contributed by atoms with van der Waals surface area (Å²) in [6.07, 6.45) is 1.63.